The number of piperazine rings is 1. The molecule has 1 amide bonds. The Morgan fingerprint density at radius 1 is 0.880 bits per heavy atom. The van der Waals surface area contributed by atoms with Gasteiger partial charge in [0.15, 0.2) is 0 Å². The zero-order chi connectivity index (χ0) is 17.6. The Hall–Kier alpha value is -2.27. The van der Waals surface area contributed by atoms with E-state index in [4.69, 9.17) is 0 Å². The van der Waals surface area contributed by atoms with Crippen LogP contribution in [0.3, 0.4) is 0 Å². The van der Waals surface area contributed by atoms with Crippen molar-refractivity contribution in [2.24, 2.45) is 0 Å². The topological polar surface area (TPSA) is 23.6 Å². The molecule has 25 heavy (non-hydrogen) atoms. The van der Waals surface area contributed by atoms with E-state index in [0.717, 1.165) is 31.6 Å². The number of rotatable bonds is 5. The fourth-order valence-electron chi connectivity index (χ4n) is 3.09. The van der Waals surface area contributed by atoms with E-state index in [2.05, 4.69) is 4.90 Å². The number of halogens is 2. The summed E-state index contributed by atoms with van der Waals surface area (Å²) in [5, 5.41) is 0. The van der Waals surface area contributed by atoms with Crippen molar-refractivity contribution in [1.82, 2.24) is 9.80 Å². The Bertz CT molecular complexity index is 710. The average Bonchev–Trinajstić information content (AvgIpc) is 2.62. The van der Waals surface area contributed by atoms with Crippen molar-refractivity contribution in [2.75, 3.05) is 32.7 Å². The first kappa shape index (κ1) is 17.5. The van der Waals surface area contributed by atoms with E-state index in [1.165, 1.54) is 24.3 Å². The van der Waals surface area contributed by atoms with Gasteiger partial charge in [-0.25, -0.2) is 8.78 Å². The van der Waals surface area contributed by atoms with Crippen LogP contribution in [0.1, 0.15) is 11.1 Å². The van der Waals surface area contributed by atoms with Crippen LogP contribution in [0.4, 0.5) is 8.78 Å². The molecule has 1 aliphatic rings. The normalized spacial score (nSPS) is 15.4. The average molecular weight is 344 g/mol. The second-order valence-corrected chi connectivity index (χ2v) is 6.41. The van der Waals surface area contributed by atoms with Gasteiger partial charge in [-0.1, -0.05) is 24.3 Å². The third-order valence-corrected chi connectivity index (χ3v) is 4.60. The maximum absolute atomic E-state index is 13.2. The Morgan fingerprint density at radius 2 is 1.60 bits per heavy atom. The summed E-state index contributed by atoms with van der Waals surface area (Å²) in [6, 6.07) is 12.8. The Labute approximate surface area is 146 Å². The molecule has 0 N–H and O–H groups in total. The van der Waals surface area contributed by atoms with Crippen LogP contribution < -0.4 is 0 Å². The molecule has 1 heterocycles. The lowest BCUT2D eigenvalue weighted by atomic mass is 10.1. The Kier molecular flexibility index (Phi) is 5.76. The first-order chi connectivity index (χ1) is 12.1. The van der Waals surface area contributed by atoms with Crippen LogP contribution in [0.5, 0.6) is 0 Å². The van der Waals surface area contributed by atoms with E-state index in [1.807, 2.05) is 17.0 Å². The second kappa shape index (κ2) is 8.21. The third kappa shape index (κ3) is 5.10. The van der Waals surface area contributed by atoms with Gasteiger partial charge in [-0.05, 0) is 41.8 Å². The minimum atomic E-state index is -0.309. The lowest BCUT2D eigenvalue weighted by Gasteiger charge is -2.34. The highest BCUT2D eigenvalue weighted by molar-refractivity contribution is 5.78. The van der Waals surface area contributed by atoms with Crippen molar-refractivity contribution in [3.8, 4) is 0 Å². The molecule has 2 aromatic carbocycles. The van der Waals surface area contributed by atoms with Gasteiger partial charge < -0.3 is 4.90 Å². The van der Waals surface area contributed by atoms with Gasteiger partial charge in [-0.2, -0.15) is 0 Å². The minimum absolute atomic E-state index is 0.0452. The van der Waals surface area contributed by atoms with Crippen molar-refractivity contribution >= 4 is 5.91 Å². The molecule has 0 atom stereocenters. The zero-order valence-electron chi connectivity index (χ0n) is 14.1. The van der Waals surface area contributed by atoms with Gasteiger partial charge in [0, 0.05) is 32.7 Å². The fraction of sp³-hybridized carbons (Fsp3) is 0.350. The molecule has 2 aromatic rings. The standard InChI is InChI=1S/C20H22F2N2O/c21-18-6-4-16(5-7-18)8-9-23-10-12-24(13-11-23)20(25)15-17-2-1-3-19(22)14-17/h1-7,14H,8-13,15H2. The highest BCUT2D eigenvalue weighted by Crippen LogP contribution is 2.10. The largest absolute Gasteiger partial charge is 0.340 e. The van der Waals surface area contributed by atoms with Crippen LogP contribution in [0.15, 0.2) is 48.5 Å². The van der Waals surface area contributed by atoms with Gasteiger partial charge in [0.1, 0.15) is 11.6 Å². The quantitative estimate of drug-likeness (QED) is 0.833. The predicted octanol–water partition coefficient (Wildman–Crippen LogP) is 2.89. The van der Waals surface area contributed by atoms with E-state index in [0.29, 0.717) is 18.7 Å². The van der Waals surface area contributed by atoms with Crippen molar-refractivity contribution in [2.45, 2.75) is 12.8 Å². The lowest BCUT2D eigenvalue weighted by Crippen LogP contribution is -2.49. The number of nitrogens with zero attached hydrogens (tertiary/aromatic N) is 2. The number of amides is 1. The third-order valence-electron chi connectivity index (χ3n) is 4.60. The van der Waals surface area contributed by atoms with E-state index in [-0.39, 0.29) is 24.0 Å². The van der Waals surface area contributed by atoms with Crippen LogP contribution in [0.2, 0.25) is 0 Å². The molecule has 0 unspecified atom stereocenters. The van der Waals surface area contributed by atoms with Gasteiger partial charge in [0.25, 0.3) is 0 Å². The van der Waals surface area contributed by atoms with Crippen molar-refractivity contribution in [1.29, 1.82) is 0 Å². The number of hydrogen-bond donors (Lipinski definition) is 0. The number of carbonyl (C=O) groups excluding carboxylic acids is 1. The molecule has 1 saturated heterocycles. The van der Waals surface area contributed by atoms with Crippen LogP contribution in [-0.2, 0) is 17.6 Å². The van der Waals surface area contributed by atoms with Crippen molar-refractivity contribution in [3.05, 3.63) is 71.3 Å². The summed E-state index contributed by atoms with van der Waals surface area (Å²) in [6.45, 7) is 3.94. The second-order valence-electron chi connectivity index (χ2n) is 6.41. The molecular formula is C20H22F2N2O. The summed E-state index contributed by atoms with van der Waals surface area (Å²) in [5.41, 5.74) is 1.83. The lowest BCUT2D eigenvalue weighted by molar-refractivity contribution is -0.132. The molecule has 0 spiro atoms. The summed E-state index contributed by atoms with van der Waals surface area (Å²) in [4.78, 5) is 16.5. The maximum atomic E-state index is 13.2. The predicted molar refractivity (Wildman–Crippen MR) is 93.2 cm³/mol. The summed E-state index contributed by atoms with van der Waals surface area (Å²) < 4.78 is 26.1. The summed E-state index contributed by atoms with van der Waals surface area (Å²) in [7, 11) is 0. The summed E-state index contributed by atoms with van der Waals surface area (Å²) >= 11 is 0. The molecule has 3 nitrogen and oxygen atoms in total. The van der Waals surface area contributed by atoms with E-state index < -0.39 is 0 Å². The molecule has 3 rings (SSSR count). The molecule has 5 heteroatoms. The van der Waals surface area contributed by atoms with Gasteiger partial charge in [0.2, 0.25) is 5.91 Å². The van der Waals surface area contributed by atoms with Crippen molar-refractivity contribution < 1.29 is 13.6 Å². The molecule has 0 radical (unpaired) electrons. The van der Waals surface area contributed by atoms with E-state index in [9.17, 15) is 13.6 Å². The molecule has 0 aliphatic carbocycles. The maximum Gasteiger partial charge on any atom is 0.227 e. The molecule has 0 bridgehead atoms. The fourth-order valence-corrected chi connectivity index (χ4v) is 3.09. The monoisotopic (exact) mass is 344 g/mol. The molecule has 132 valence electrons. The molecule has 1 fully saturated rings. The zero-order valence-corrected chi connectivity index (χ0v) is 14.1. The molecule has 1 aliphatic heterocycles. The molecule has 0 aromatic heterocycles. The van der Waals surface area contributed by atoms with Crippen molar-refractivity contribution in [3.63, 3.8) is 0 Å². The number of hydrogen-bond acceptors (Lipinski definition) is 2. The molecular weight excluding hydrogens is 322 g/mol. The van der Waals surface area contributed by atoms with Gasteiger partial charge in [0.05, 0.1) is 6.42 Å². The van der Waals surface area contributed by atoms with Crippen LogP contribution in [-0.4, -0.2) is 48.4 Å². The number of benzene rings is 2. The van der Waals surface area contributed by atoms with Gasteiger partial charge in [-0.3, -0.25) is 9.69 Å². The highest BCUT2D eigenvalue weighted by atomic mass is 19.1. The van der Waals surface area contributed by atoms with Gasteiger partial charge >= 0.3 is 0 Å². The van der Waals surface area contributed by atoms with E-state index in [1.54, 1.807) is 12.1 Å². The Balaban J connectivity index is 1.43. The minimum Gasteiger partial charge on any atom is -0.340 e. The van der Waals surface area contributed by atoms with Crippen LogP contribution in [0.25, 0.3) is 0 Å². The first-order valence-corrected chi connectivity index (χ1v) is 8.59. The van der Waals surface area contributed by atoms with Crippen LogP contribution >= 0.6 is 0 Å². The smallest absolute Gasteiger partial charge is 0.227 e. The molecule has 0 saturated carbocycles. The summed E-state index contributed by atoms with van der Waals surface area (Å²) in [6.07, 6.45) is 1.12. The van der Waals surface area contributed by atoms with Crippen LogP contribution in [0, 0.1) is 11.6 Å². The Morgan fingerprint density at radius 3 is 2.28 bits per heavy atom. The van der Waals surface area contributed by atoms with Gasteiger partial charge in [-0.15, -0.1) is 0 Å². The SMILES string of the molecule is O=C(Cc1cccc(F)c1)N1CCN(CCc2ccc(F)cc2)CC1. The highest BCUT2D eigenvalue weighted by Gasteiger charge is 2.21. The summed E-state index contributed by atoms with van der Waals surface area (Å²) in [5.74, 6) is -0.478. The number of carbonyl (C=O) groups is 1. The first-order valence-electron chi connectivity index (χ1n) is 8.59. The van der Waals surface area contributed by atoms with E-state index >= 15 is 0 Å².